The zero-order chi connectivity index (χ0) is 10.1. The van der Waals surface area contributed by atoms with Crippen LogP contribution in [0.5, 0.6) is 5.75 Å². The molecule has 0 saturated heterocycles. The van der Waals surface area contributed by atoms with E-state index < -0.39 is 0 Å². The molecule has 0 spiro atoms. The van der Waals surface area contributed by atoms with Crippen LogP contribution in [0, 0.1) is 11.3 Å². The predicted octanol–water partition coefficient (Wildman–Crippen LogP) is 1.76. The lowest BCUT2D eigenvalue weighted by molar-refractivity contribution is 0.415. The van der Waals surface area contributed by atoms with Crippen LogP contribution in [-0.2, 0) is 0 Å². The largest absolute Gasteiger partial charge is 0.497 e. The number of nitrogens with zero attached hydrogens (tertiary/aromatic N) is 2. The Morgan fingerprint density at radius 3 is 3.00 bits per heavy atom. The van der Waals surface area contributed by atoms with Gasteiger partial charge in [-0.25, -0.2) is 4.98 Å². The molecule has 1 aromatic carbocycles. The Hall–Kier alpha value is -1.80. The molecule has 70 valence electrons. The van der Waals surface area contributed by atoms with Crippen molar-refractivity contribution in [1.29, 1.82) is 5.26 Å². The van der Waals surface area contributed by atoms with E-state index in [0.29, 0.717) is 22.0 Å². The van der Waals surface area contributed by atoms with Crippen molar-refractivity contribution in [3.8, 4) is 11.8 Å². The molecule has 0 bridgehead atoms. The molecule has 0 radical (unpaired) electrons. The van der Waals surface area contributed by atoms with Gasteiger partial charge in [-0.05, 0) is 6.07 Å². The quantitative estimate of drug-likeness (QED) is 0.769. The standard InChI is InChI=1S/C9H7N3OS/c1-13-6-2-5(4-10)8-7(3-6)14-9(11)12-8/h2-3H,1H3,(H2,11,12). The lowest BCUT2D eigenvalue weighted by Gasteiger charge is -1.99. The topological polar surface area (TPSA) is 71.9 Å². The number of anilines is 1. The molecular weight excluding hydrogens is 198 g/mol. The van der Waals surface area contributed by atoms with Crippen molar-refractivity contribution in [1.82, 2.24) is 4.98 Å². The number of rotatable bonds is 1. The predicted molar refractivity (Wildman–Crippen MR) is 55.3 cm³/mol. The van der Waals surface area contributed by atoms with Gasteiger partial charge in [0.05, 0.1) is 17.4 Å². The van der Waals surface area contributed by atoms with Gasteiger partial charge < -0.3 is 10.5 Å². The number of nitrogen functional groups attached to an aromatic ring is 1. The third kappa shape index (κ3) is 1.26. The van der Waals surface area contributed by atoms with E-state index in [1.165, 1.54) is 11.3 Å². The van der Waals surface area contributed by atoms with E-state index in [1.807, 2.05) is 6.07 Å². The van der Waals surface area contributed by atoms with Gasteiger partial charge in [-0.15, -0.1) is 0 Å². The van der Waals surface area contributed by atoms with Crippen LogP contribution >= 0.6 is 11.3 Å². The molecule has 0 aliphatic carbocycles. The number of hydrogen-bond donors (Lipinski definition) is 1. The first-order valence-corrected chi connectivity index (χ1v) is 4.70. The van der Waals surface area contributed by atoms with Crippen LogP contribution in [0.4, 0.5) is 5.13 Å². The number of thiazole rings is 1. The molecule has 0 fully saturated rings. The monoisotopic (exact) mass is 205 g/mol. The molecule has 4 nitrogen and oxygen atoms in total. The van der Waals surface area contributed by atoms with Crippen molar-refractivity contribution >= 4 is 26.7 Å². The molecule has 1 heterocycles. The molecule has 0 amide bonds. The van der Waals surface area contributed by atoms with E-state index >= 15 is 0 Å². The zero-order valence-corrected chi connectivity index (χ0v) is 8.26. The average molecular weight is 205 g/mol. The van der Waals surface area contributed by atoms with E-state index in [2.05, 4.69) is 11.1 Å². The maximum atomic E-state index is 8.88. The van der Waals surface area contributed by atoms with Crippen LogP contribution < -0.4 is 10.5 Å². The number of nitriles is 1. The van der Waals surface area contributed by atoms with Gasteiger partial charge in [-0.3, -0.25) is 0 Å². The first-order valence-electron chi connectivity index (χ1n) is 3.88. The van der Waals surface area contributed by atoms with Crippen molar-refractivity contribution in [2.24, 2.45) is 0 Å². The van der Waals surface area contributed by atoms with E-state index in [9.17, 15) is 0 Å². The summed E-state index contributed by atoms with van der Waals surface area (Å²) < 4.78 is 5.93. The van der Waals surface area contributed by atoms with Crippen molar-refractivity contribution in [2.75, 3.05) is 12.8 Å². The SMILES string of the molecule is COc1cc(C#N)c2nc(N)sc2c1. The summed E-state index contributed by atoms with van der Waals surface area (Å²) >= 11 is 1.35. The fraction of sp³-hybridized carbons (Fsp3) is 0.111. The van der Waals surface area contributed by atoms with Crippen molar-refractivity contribution in [3.05, 3.63) is 17.7 Å². The highest BCUT2D eigenvalue weighted by Gasteiger charge is 2.08. The second-order valence-electron chi connectivity index (χ2n) is 2.69. The van der Waals surface area contributed by atoms with E-state index in [-0.39, 0.29) is 0 Å². The summed E-state index contributed by atoms with van der Waals surface area (Å²) in [5.41, 5.74) is 6.70. The van der Waals surface area contributed by atoms with Crippen LogP contribution in [0.2, 0.25) is 0 Å². The highest BCUT2D eigenvalue weighted by atomic mass is 32.1. The molecule has 0 unspecified atom stereocenters. The van der Waals surface area contributed by atoms with Crippen molar-refractivity contribution in [3.63, 3.8) is 0 Å². The molecule has 0 saturated carbocycles. The molecule has 2 rings (SSSR count). The molecule has 1 aromatic heterocycles. The smallest absolute Gasteiger partial charge is 0.181 e. The summed E-state index contributed by atoms with van der Waals surface area (Å²) in [7, 11) is 1.56. The second kappa shape index (κ2) is 3.16. The van der Waals surface area contributed by atoms with Gasteiger partial charge in [-0.2, -0.15) is 5.26 Å². The minimum atomic E-state index is 0.463. The van der Waals surface area contributed by atoms with Crippen molar-refractivity contribution < 1.29 is 4.74 Å². The highest BCUT2D eigenvalue weighted by Crippen LogP contribution is 2.30. The van der Waals surface area contributed by atoms with Gasteiger partial charge in [-0.1, -0.05) is 11.3 Å². The number of nitrogens with two attached hydrogens (primary N) is 1. The second-order valence-corrected chi connectivity index (χ2v) is 3.75. The van der Waals surface area contributed by atoms with Gasteiger partial charge in [0, 0.05) is 6.07 Å². The van der Waals surface area contributed by atoms with Crippen LogP contribution in [-0.4, -0.2) is 12.1 Å². The van der Waals surface area contributed by atoms with Crippen LogP contribution in [0.1, 0.15) is 5.56 Å². The third-order valence-electron chi connectivity index (χ3n) is 1.84. The Morgan fingerprint density at radius 1 is 1.57 bits per heavy atom. The number of fused-ring (bicyclic) bond motifs is 1. The fourth-order valence-corrected chi connectivity index (χ4v) is 2.01. The molecule has 0 aliphatic heterocycles. The molecule has 0 aliphatic rings. The molecular formula is C9H7N3OS. The van der Waals surface area contributed by atoms with Crippen molar-refractivity contribution in [2.45, 2.75) is 0 Å². The molecule has 14 heavy (non-hydrogen) atoms. The Balaban J connectivity index is 2.80. The average Bonchev–Trinajstić information content (AvgIpc) is 2.56. The first kappa shape index (κ1) is 8.78. The normalized spacial score (nSPS) is 10.0. The van der Waals surface area contributed by atoms with Gasteiger partial charge >= 0.3 is 0 Å². The minimum absolute atomic E-state index is 0.463. The lowest BCUT2D eigenvalue weighted by Crippen LogP contribution is -1.85. The molecule has 5 heteroatoms. The van der Waals surface area contributed by atoms with Crippen LogP contribution in [0.3, 0.4) is 0 Å². The summed E-state index contributed by atoms with van der Waals surface area (Å²) in [4.78, 5) is 4.08. The Morgan fingerprint density at radius 2 is 2.36 bits per heavy atom. The Bertz CT molecular complexity index is 527. The van der Waals surface area contributed by atoms with E-state index in [1.54, 1.807) is 13.2 Å². The van der Waals surface area contributed by atoms with Gasteiger partial charge in [0.2, 0.25) is 0 Å². The number of benzene rings is 1. The summed E-state index contributed by atoms with van der Waals surface area (Å²) in [6, 6.07) is 5.54. The van der Waals surface area contributed by atoms with E-state index in [0.717, 1.165) is 4.70 Å². The number of aromatic nitrogens is 1. The van der Waals surface area contributed by atoms with Crippen LogP contribution in [0.25, 0.3) is 10.2 Å². The Labute approximate surface area is 84.5 Å². The third-order valence-corrected chi connectivity index (χ3v) is 2.67. The van der Waals surface area contributed by atoms with Gasteiger partial charge in [0.1, 0.15) is 17.3 Å². The number of methoxy groups -OCH3 is 1. The van der Waals surface area contributed by atoms with Gasteiger partial charge in [0.15, 0.2) is 5.13 Å². The summed E-state index contributed by atoms with van der Waals surface area (Å²) in [5, 5.41) is 9.35. The maximum absolute atomic E-state index is 8.88. The minimum Gasteiger partial charge on any atom is -0.497 e. The maximum Gasteiger partial charge on any atom is 0.181 e. The highest BCUT2D eigenvalue weighted by molar-refractivity contribution is 7.22. The Kier molecular flexibility index (Phi) is 1.98. The molecule has 0 atom stereocenters. The lowest BCUT2D eigenvalue weighted by atomic mass is 10.2. The summed E-state index contributed by atoms with van der Waals surface area (Å²) in [6.45, 7) is 0. The summed E-state index contributed by atoms with van der Waals surface area (Å²) in [6.07, 6.45) is 0. The summed E-state index contributed by atoms with van der Waals surface area (Å²) in [5.74, 6) is 0.651. The van der Waals surface area contributed by atoms with E-state index in [4.69, 9.17) is 15.7 Å². The molecule has 2 aromatic rings. The number of hydrogen-bond acceptors (Lipinski definition) is 5. The van der Waals surface area contributed by atoms with Gasteiger partial charge in [0.25, 0.3) is 0 Å². The zero-order valence-electron chi connectivity index (χ0n) is 7.44. The first-order chi connectivity index (χ1) is 6.74. The molecule has 2 N–H and O–H groups in total. The number of ether oxygens (including phenoxy) is 1. The van der Waals surface area contributed by atoms with Crippen LogP contribution in [0.15, 0.2) is 12.1 Å². The fourth-order valence-electron chi connectivity index (χ4n) is 1.22.